The molecule has 2 aromatic heterocycles. The van der Waals surface area contributed by atoms with Gasteiger partial charge >= 0.3 is 0 Å². The monoisotopic (exact) mass is 375 g/mol. The number of aromatic nitrogens is 2. The Morgan fingerprint density at radius 3 is 2.48 bits per heavy atom. The fourth-order valence-corrected chi connectivity index (χ4v) is 4.31. The first-order valence-electron chi connectivity index (χ1n) is 8.97. The van der Waals surface area contributed by atoms with Crippen LogP contribution in [0.4, 0.5) is 11.5 Å². The minimum absolute atomic E-state index is 0.244. The zero-order valence-electron chi connectivity index (χ0n) is 15.6. The highest BCUT2D eigenvalue weighted by Gasteiger charge is 2.18. The van der Waals surface area contributed by atoms with E-state index in [1.54, 1.807) is 29.8 Å². The molecule has 0 atom stereocenters. The molecule has 0 aliphatic rings. The van der Waals surface area contributed by atoms with Crippen LogP contribution in [0.15, 0.2) is 48.8 Å². The van der Waals surface area contributed by atoms with Gasteiger partial charge in [0.2, 0.25) is 0 Å². The van der Waals surface area contributed by atoms with Gasteiger partial charge in [0.15, 0.2) is 0 Å². The zero-order chi connectivity index (χ0) is 19.0. The summed E-state index contributed by atoms with van der Waals surface area (Å²) in [6, 6.07) is 13.6. The maximum atomic E-state index is 9.52. The summed E-state index contributed by atoms with van der Waals surface area (Å²) in [4.78, 5) is 11.3. The normalized spacial score (nSPS) is 11.1. The summed E-state index contributed by atoms with van der Waals surface area (Å²) < 4.78 is 0. The van der Waals surface area contributed by atoms with Crippen molar-refractivity contribution in [3.05, 3.63) is 64.8 Å². The predicted molar refractivity (Wildman–Crippen MR) is 113 cm³/mol. The fourth-order valence-electron chi connectivity index (χ4n) is 3.21. The summed E-state index contributed by atoms with van der Waals surface area (Å²) in [6.07, 6.45) is 2.55. The number of thiophene rings is 1. The van der Waals surface area contributed by atoms with Crippen LogP contribution in [0.1, 0.15) is 22.9 Å². The molecule has 2 N–H and O–H groups in total. The smallest absolute Gasteiger partial charge is 0.143 e. The van der Waals surface area contributed by atoms with Crippen LogP contribution in [-0.4, -0.2) is 15.1 Å². The van der Waals surface area contributed by atoms with Crippen LogP contribution in [0.2, 0.25) is 0 Å². The highest BCUT2D eigenvalue weighted by molar-refractivity contribution is 7.19. The van der Waals surface area contributed by atoms with E-state index in [0.29, 0.717) is 0 Å². The van der Waals surface area contributed by atoms with Crippen molar-refractivity contribution in [1.29, 1.82) is 0 Å². The van der Waals surface area contributed by atoms with Crippen molar-refractivity contribution < 1.29 is 5.11 Å². The first kappa shape index (κ1) is 17.5. The van der Waals surface area contributed by atoms with Crippen molar-refractivity contribution in [2.45, 2.75) is 27.2 Å². The van der Waals surface area contributed by atoms with Gasteiger partial charge in [-0.1, -0.05) is 25.1 Å². The second kappa shape index (κ2) is 7.00. The number of hydrogen-bond acceptors (Lipinski definition) is 5. The Kier molecular flexibility index (Phi) is 4.54. The van der Waals surface area contributed by atoms with Crippen molar-refractivity contribution in [2.75, 3.05) is 5.32 Å². The Labute approximate surface area is 162 Å². The molecule has 0 saturated heterocycles. The summed E-state index contributed by atoms with van der Waals surface area (Å²) >= 11 is 1.72. The molecule has 4 aromatic rings. The third kappa shape index (κ3) is 3.26. The van der Waals surface area contributed by atoms with E-state index in [1.807, 2.05) is 12.1 Å². The second-order valence-corrected chi connectivity index (χ2v) is 7.71. The van der Waals surface area contributed by atoms with Gasteiger partial charge in [-0.2, -0.15) is 0 Å². The average molecular weight is 375 g/mol. The molecule has 2 aromatic carbocycles. The van der Waals surface area contributed by atoms with E-state index >= 15 is 0 Å². The van der Waals surface area contributed by atoms with E-state index < -0.39 is 0 Å². The van der Waals surface area contributed by atoms with E-state index in [2.05, 4.69) is 54.3 Å². The van der Waals surface area contributed by atoms with Crippen molar-refractivity contribution >= 4 is 33.1 Å². The molecule has 4 nitrogen and oxygen atoms in total. The van der Waals surface area contributed by atoms with Gasteiger partial charge in [-0.15, -0.1) is 11.3 Å². The number of phenolic OH excluding ortho intramolecular Hbond substituents is 1. The molecule has 0 bridgehead atoms. The molecule has 0 unspecified atom stereocenters. The van der Waals surface area contributed by atoms with Crippen LogP contribution in [0.3, 0.4) is 0 Å². The van der Waals surface area contributed by atoms with Crippen LogP contribution in [0.25, 0.3) is 21.3 Å². The maximum absolute atomic E-state index is 9.52. The van der Waals surface area contributed by atoms with Crippen molar-refractivity contribution in [1.82, 2.24) is 9.97 Å². The number of hydrogen-bond donors (Lipinski definition) is 2. The Morgan fingerprint density at radius 1 is 1.00 bits per heavy atom. The molecule has 0 fully saturated rings. The molecule has 27 heavy (non-hydrogen) atoms. The standard InChI is InChI=1S/C22H21N3OS/c1-4-18-19(15-6-5-13(2)14(3)11-15)20-21(23-12-24-22(20)27-18)25-16-7-9-17(26)10-8-16/h5-12,26H,4H2,1-3H3,(H,23,24,25). The molecular weight excluding hydrogens is 354 g/mol. The summed E-state index contributed by atoms with van der Waals surface area (Å²) in [5.41, 5.74) is 5.85. The lowest BCUT2D eigenvalue weighted by Crippen LogP contribution is -1.96. The highest BCUT2D eigenvalue weighted by Crippen LogP contribution is 2.42. The Morgan fingerprint density at radius 2 is 1.78 bits per heavy atom. The van der Waals surface area contributed by atoms with Crippen molar-refractivity contribution in [2.24, 2.45) is 0 Å². The highest BCUT2D eigenvalue weighted by atomic mass is 32.1. The number of rotatable bonds is 4. The maximum Gasteiger partial charge on any atom is 0.143 e. The van der Waals surface area contributed by atoms with Crippen LogP contribution < -0.4 is 5.32 Å². The number of aromatic hydroxyl groups is 1. The molecule has 2 heterocycles. The summed E-state index contributed by atoms with van der Waals surface area (Å²) in [5, 5.41) is 14.0. The molecule has 0 amide bonds. The molecule has 0 aliphatic heterocycles. The molecule has 136 valence electrons. The predicted octanol–water partition coefficient (Wildman–Crippen LogP) is 5.99. The number of nitrogens with one attached hydrogen (secondary N) is 1. The van der Waals surface area contributed by atoms with Crippen LogP contribution in [0.5, 0.6) is 5.75 Å². The zero-order valence-corrected chi connectivity index (χ0v) is 16.4. The minimum Gasteiger partial charge on any atom is -0.508 e. The topological polar surface area (TPSA) is 58.0 Å². The molecule has 5 heteroatoms. The molecule has 4 rings (SSSR count). The largest absolute Gasteiger partial charge is 0.508 e. The van der Waals surface area contributed by atoms with Gasteiger partial charge in [-0.3, -0.25) is 0 Å². The molecule has 0 spiro atoms. The summed E-state index contributed by atoms with van der Waals surface area (Å²) in [6.45, 7) is 6.45. The first-order valence-corrected chi connectivity index (χ1v) is 9.78. The number of benzene rings is 2. The Balaban J connectivity index is 1.91. The van der Waals surface area contributed by atoms with E-state index in [-0.39, 0.29) is 5.75 Å². The fraction of sp³-hybridized carbons (Fsp3) is 0.182. The summed E-state index contributed by atoms with van der Waals surface area (Å²) in [7, 11) is 0. The van der Waals surface area contributed by atoms with Gasteiger partial charge in [0.1, 0.15) is 22.7 Å². The number of fused-ring (bicyclic) bond motifs is 1. The van der Waals surface area contributed by atoms with Crippen molar-refractivity contribution in [3.63, 3.8) is 0 Å². The van der Waals surface area contributed by atoms with Gasteiger partial charge < -0.3 is 10.4 Å². The van der Waals surface area contributed by atoms with Crippen molar-refractivity contribution in [3.8, 4) is 16.9 Å². The number of aryl methyl sites for hydroxylation is 3. The lowest BCUT2D eigenvalue weighted by molar-refractivity contribution is 0.475. The first-order chi connectivity index (χ1) is 13.1. The number of nitrogens with zero attached hydrogens (tertiary/aromatic N) is 2. The van der Waals surface area contributed by atoms with E-state index in [1.165, 1.54) is 27.1 Å². The van der Waals surface area contributed by atoms with Gasteiger partial charge in [0.25, 0.3) is 0 Å². The van der Waals surface area contributed by atoms with Gasteiger partial charge in [0, 0.05) is 16.1 Å². The van der Waals surface area contributed by atoms with Crippen LogP contribution in [-0.2, 0) is 6.42 Å². The van der Waals surface area contributed by atoms with E-state index in [4.69, 9.17) is 0 Å². The third-order valence-corrected chi connectivity index (χ3v) is 6.05. The van der Waals surface area contributed by atoms with Gasteiger partial charge in [-0.25, -0.2) is 9.97 Å². The average Bonchev–Trinajstić information content (AvgIpc) is 3.05. The number of anilines is 2. The van der Waals surface area contributed by atoms with E-state index in [9.17, 15) is 5.11 Å². The Bertz CT molecular complexity index is 1120. The molecule has 0 saturated carbocycles. The SMILES string of the molecule is CCc1sc2ncnc(Nc3ccc(O)cc3)c2c1-c1ccc(C)c(C)c1. The molecular formula is C22H21N3OS. The van der Waals surface area contributed by atoms with Crippen LogP contribution in [0, 0.1) is 13.8 Å². The van der Waals surface area contributed by atoms with Crippen LogP contribution >= 0.6 is 11.3 Å². The van der Waals surface area contributed by atoms with E-state index in [0.717, 1.165) is 28.1 Å². The Hall–Kier alpha value is -2.92. The summed E-state index contributed by atoms with van der Waals surface area (Å²) in [5.74, 6) is 1.03. The quantitative estimate of drug-likeness (QED) is 0.430. The molecule has 0 aliphatic carbocycles. The third-order valence-electron chi connectivity index (χ3n) is 4.81. The van der Waals surface area contributed by atoms with Gasteiger partial charge in [-0.05, 0) is 61.2 Å². The molecule has 0 radical (unpaired) electrons. The van der Waals surface area contributed by atoms with Gasteiger partial charge in [0.05, 0.1) is 5.39 Å². The lowest BCUT2D eigenvalue weighted by atomic mass is 9.98. The lowest BCUT2D eigenvalue weighted by Gasteiger charge is -2.11. The minimum atomic E-state index is 0.244. The second-order valence-electron chi connectivity index (χ2n) is 6.63. The number of phenols is 1.